The van der Waals surface area contributed by atoms with Gasteiger partial charge in [0.2, 0.25) is 5.91 Å². The highest BCUT2D eigenvalue weighted by atomic mass is 79.9. The Morgan fingerprint density at radius 1 is 1.03 bits per heavy atom. The number of halogens is 2. The van der Waals surface area contributed by atoms with Crippen molar-refractivity contribution in [1.29, 1.82) is 0 Å². The van der Waals surface area contributed by atoms with Crippen LogP contribution < -0.4 is 0 Å². The van der Waals surface area contributed by atoms with Crippen molar-refractivity contribution in [3.05, 3.63) is 92.3 Å². The zero-order valence-corrected chi connectivity index (χ0v) is 20.1. The Morgan fingerprint density at radius 2 is 1.81 bits per heavy atom. The minimum Gasteiger partial charge on any atom is -0.383 e. The fourth-order valence-electron chi connectivity index (χ4n) is 3.15. The predicted octanol–water partition coefficient (Wildman–Crippen LogP) is 4.97. The topological polar surface area (TPSA) is 49.9 Å². The maximum absolute atomic E-state index is 13.3. The summed E-state index contributed by atoms with van der Waals surface area (Å²) in [5, 5.41) is 1.96. The summed E-state index contributed by atoms with van der Waals surface area (Å²) < 4.78 is 19.3. The summed E-state index contributed by atoms with van der Waals surface area (Å²) in [7, 11) is 1.56. The lowest BCUT2D eigenvalue weighted by Gasteiger charge is -2.27. The van der Waals surface area contributed by atoms with Gasteiger partial charge in [0.15, 0.2) is 0 Å². The number of hydrogen-bond acceptors (Lipinski definition) is 4. The Labute approximate surface area is 199 Å². The van der Waals surface area contributed by atoms with Crippen LogP contribution >= 0.6 is 27.3 Å². The van der Waals surface area contributed by atoms with E-state index in [-0.39, 0.29) is 30.7 Å². The zero-order valence-electron chi connectivity index (χ0n) is 17.7. The van der Waals surface area contributed by atoms with E-state index < -0.39 is 0 Å². The van der Waals surface area contributed by atoms with Gasteiger partial charge in [-0.05, 0) is 47.3 Å². The Kier molecular flexibility index (Phi) is 8.96. The van der Waals surface area contributed by atoms with Crippen LogP contribution in [0, 0.1) is 5.82 Å². The van der Waals surface area contributed by atoms with Crippen molar-refractivity contribution in [3.8, 4) is 0 Å². The smallest absolute Gasteiger partial charge is 0.254 e. The number of thiophene rings is 1. The molecule has 0 spiro atoms. The van der Waals surface area contributed by atoms with Crippen molar-refractivity contribution in [2.24, 2.45) is 0 Å². The number of hydrogen-bond donors (Lipinski definition) is 0. The van der Waals surface area contributed by atoms with Gasteiger partial charge in [0.25, 0.3) is 5.91 Å². The molecular formula is C24H24BrFN2O3S. The zero-order chi connectivity index (χ0) is 22.9. The lowest BCUT2D eigenvalue weighted by atomic mass is 10.2. The highest BCUT2D eigenvalue weighted by Crippen LogP contribution is 2.17. The van der Waals surface area contributed by atoms with Gasteiger partial charge in [-0.15, -0.1) is 11.3 Å². The van der Waals surface area contributed by atoms with Crippen LogP contribution in [0.15, 0.2) is 70.5 Å². The first-order valence-corrected chi connectivity index (χ1v) is 11.7. The van der Waals surface area contributed by atoms with Gasteiger partial charge in [0.1, 0.15) is 12.4 Å². The Balaban J connectivity index is 1.79. The molecular weight excluding hydrogens is 495 g/mol. The molecule has 3 aromatic rings. The monoisotopic (exact) mass is 518 g/mol. The van der Waals surface area contributed by atoms with Gasteiger partial charge in [0, 0.05) is 35.1 Å². The van der Waals surface area contributed by atoms with Crippen molar-refractivity contribution < 1.29 is 18.7 Å². The molecule has 1 aromatic heterocycles. The highest BCUT2D eigenvalue weighted by Gasteiger charge is 2.23. The van der Waals surface area contributed by atoms with Crippen molar-refractivity contribution in [2.45, 2.75) is 13.1 Å². The van der Waals surface area contributed by atoms with Gasteiger partial charge < -0.3 is 14.5 Å². The molecule has 8 heteroatoms. The van der Waals surface area contributed by atoms with E-state index in [1.165, 1.54) is 17.0 Å². The molecule has 1 heterocycles. The van der Waals surface area contributed by atoms with Crippen LogP contribution in [0.4, 0.5) is 4.39 Å². The van der Waals surface area contributed by atoms with Gasteiger partial charge in [-0.2, -0.15) is 0 Å². The standard InChI is InChI=1S/C24H24BrFN2O3S/c1-31-12-11-27(24(30)19-4-2-5-20(25)14-19)17-23(29)28(16-22-6-3-13-32-22)15-18-7-9-21(26)10-8-18/h2-10,13-14H,11-12,15-17H2,1H3. The van der Waals surface area contributed by atoms with E-state index >= 15 is 0 Å². The van der Waals surface area contributed by atoms with E-state index in [1.807, 2.05) is 23.6 Å². The van der Waals surface area contributed by atoms with E-state index in [1.54, 1.807) is 53.7 Å². The van der Waals surface area contributed by atoms with Crippen LogP contribution in [0.3, 0.4) is 0 Å². The van der Waals surface area contributed by atoms with E-state index in [0.717, 1.165) is 14.9 Å². The van der Waals surface area contributed by atoms with Gasteiger partial charge in [-0.25, -0.2) is 4.39 Å². The second-order valence-corrected chi connectivity index (χ2v) is 9.13. The summed E-state index contributed by atoms with van der Waals surface area (Å²) in [5.41, 5.74) is 1.31. The normalized spacial score (nSPS) is 10.7. The summed E-state index contributed by atoms with van der Waals surface area (Å²) >= 11 is 4.95. The number of ether oxygens (including phenoxy) is 1. The maximum atomic E-state index is 13.3. The molecule has 0 unspecified atom stereocenters. The second kappa shape index (κ2) is 11.9. The number of nitrogens with zero attached hydrogens (tertiary/aromatic N) is 2. The molecule has 5 nitrogen and oxygen atoms in total. The van der Waals surface area contributed by atoms with E-state index in [2.05, 4.69) is 15.9 Å². The largest absolute Gasteiger partial charge is 0.383 e. The summed E-state index contributed by atoms with van der Waals surface area (Å²) in [6, 6.07) is 17.1. The number of carbonyl (C=O) groups is 2. The SMILES string of the molecule is COCCN(CC(=O)N(Cc1ccc(F)cc1)Cc1cccs1)C(=O)c1cccc(Br)c1. The van der Waals surface area contributed by atoms with Crippen LogP contribution in [0.25, 0.3) is 0 Å². The molecule has 0 aliphatic carbocycles. The molecule has 2 aromatic carbocycles. The predicted molar refractivity (Wildman–Crippen MR) is 127 cm³/mol. The molecule has 0 N–H and O–H groups in total. The summed E-state index contributed by atoms with van der Waals surface area (Å²) in [6.45, 7) is 1.26. The lowest BCUT2D eigenvalue weighted by Crippen LogP contribution is -2.43. The molecule has 168 valence electrons. The lowest BCUT2D eigenvalue weighted by molar-refractivity contribution is -0.133. The van der Waals surface area contributed by atoms with E-state index in [4.69, 9.17) is 4.74 Å². The summed E-state index contributed by atoms with van der Waals surface area (Å²) in [5.74, 6) is -0.757. The van der Waals surface area contributed by atoms with Crippen LogP contribution in [0.5, 0.6) is 0 Å². The first-order chi connectivity index (χ1) is 15.5. The number of carbonyl (C=O) groups excluding carboxylic acids is 2. The van der Waals surface area contributed by atoms with Crippen LogP contribution in [-0.2, 0) is 22.6 Å². The quantitative estimate of drug-likeness (QED) is 0.380. The Bertz CT molecular complexity index is 1030. The van der Waals surface area contributed by atoms with Crippen LogP contribution in [0.1, 0.15) is 20.8 Å². The number of benzene rings is 2. The molecule has 0 saturated heterocycles. The fourth-order valence-corrected chi connectivity index (χ4v) is 4.27. The summed E-state index contributed by atoms with van der Waals surface area (Å²) in [6.07, 6.45) is 0. The molecule has 3 rings (SSSR count). The third-order valence-electron chi connectivity index (χ3n) is 4.82. The Morgan fingerprint density at radius 3 is 2.47 bits per heavy atom. The molecule has 0 atom stereocenters. The number of rotatable bonds is 10. The first kappa shape index (κ1) is 24.1. The van der Waals surface area contributed by atoms with Crippen molar-refractivity contribution >= 4 is 39.1 Å². The molecule has 0 radical (unpaired) electrons. The van der Waals surface area contributed by atoms with Gasteiger partial charge in [0.05, 0.1) is 13.2 Å². The highest BCUT2D eigenvalue weighted by molar-refractivity contribution is 9.10. The molecule has 0 bridgehead atoms. The third kappa shape index (κ3) is 6.98. The summed E-state index contributed by atoms with van der Waals surface area (Å²) in [4.78, 5) is 30.7. The molecule has 0 fully saturated rings. The first-order valence-electron chi connectivity index (χ1n) is 10.0. The molecule has 32 heavy (non-hydrogen) atoms. The minimum absolute atomic E-state index is 0.0821. The molecule has 2 amide bonds. The molecule has 0 aliphatic heterocycles. The fraction of sp³-hybridized carbons (Fsp3) is 0.250. The third-order valence-corrected chi connectivity index (χ3v) is 6.17. The molecule has 0 aliphatic rings. The van der Waals surface area contributed by atoms with Gasteiger partial charge >= 0.3 is 0 Å². The number of methoxy groups -OCH3 is 1. The van der Waals surface area contributed by atoms with Crippen LogP contribution in [0.2, 0.25) is 0 Å². The molecule has 0 saturated carbocycles. The van der Waals surface area contributed by atoms with Gasteiger partial charge in [-0.1, -0.05) is 40.2 Å². The maximum Gasteiger partial charge on any atom is 0.254 e. The van der Waals surface area contributed by atoms with Gasteiger partial charge in [-0.3, -0.25) is 9.59 Å². The average Bonchev–Trinajstić information content (AvgIpc) is 3.30. The second-order valence-electron chi connectivity index (χ2n) is 7.19. The minimum atomic E-state index is -0.324. The Hall–Kier alpha value is -2.55. The average molecular weight is 519 g/mol. The van der Waals surface area contributed by atoms with Crippen LogP contribution in [-0.4, -0.2) is 48.4 Å². The van der Waals surface area contributed by atoms with Crippen molar-refractivity contribution in [2.75, 3.05) is 26.8 Å². The van der Waals surface area contributed by atoms with E-state index in [9.17, 15) is 14.0 Å². The number of amides is 2. The van der Waals surface area contributed by atoms with Crippen molar-refractivity contribution in [3.63, 3.8) is 0 Å². The van der Waals surface area contributed by atoms with Crippen molar-refractivity contribution in [1.82, 2.24) is 9.80 Å². The van der Waals surface area contributed by atoms with E-state index in [0.29, 0.717) is 25.3 Å².